The normalized spacial score (nSPS) is 17.0. The maximum absolute atomic E-state index is 13.4. The second kappa shape index (κ2) is 8.37. The number of aliphatic hydroxyl groups excluding tert-OH is 1. The predicted octanol–water partition coefficient (Wildman–Crippen LogP) is 4.79. The van der Waals surface area contributed by atoms with Gasteiger partial charge in [-0.05, 0) is 62.8 Å². The van der Waals surface area contributed by atoms with Gasteiger partial charge in [-0.3, -0.25) is 9.59 Å². The fraction of sp³-hybridized carbons (Fsp3) is 0.273. The molecule has 3 aromatic rings. The molecule has 0 radical (unpaired) electrons. The quantitative estimate of drug-likeness (QED) is 0.484. The van der Waals surface area contributed by atoms with Gasteiger partial charge in [0.1, 0.15) is 5.58 Å². The lowest BCUT2D eigenvalue weighted by molar-refractivity contribution is -0.129. The van der Waals surface area contributed by atoms with E-state index in [0.717, 1.165) is 27.7 Å². The molecule has 0 fully saturated rings. The molecule has 1 N–H and O–H groups in total. The topological polar surface area (TPSA) is 74.0 Å². The Morgan fingerprint density at radius 2 is 2.10 bits per heavy atom. The van der Waals surface area contributed by atoms with Gasteiger partial charge in [0.05, 0.1) is 11.6 Å². The largest absolute Gasteiger partial charge is 0.503 e. The van der Waals surface area contributed by atoms with Crippen LogP contribution in [0.2, 0.25) is 0 Å². The number of hydrogen-bond acceptors (Lipinski definition) is 6. The molecule has 3 heterocycles. The Hall–Kier alpha value is -2.42. The van der Waals surface area contributed by atoms with Gasteiger partial charge in [-0.2, -0.15) is 0 Å². The highest BCUT2D eigenvalue weighted by molar-refractivity contribution is 9.10. The summed E-state index contributed by atoms with van der Waals surface area (Å²) in [6.07, 6.45) is 0.730. The minimum atomic E-state index is -0.618. The number of rotatable bonds is 7. The lowest BCUT2D eigenvalue weighted by atomic mass is 10.00. The number of benzene rings is 1. The lowest BCUT2D eigenvalue weighted by Gasteiger charge is -2.26. The molecule has 4 rings (SSSR count). The van der Waals surface area contributed by atoms with Crippen LogP contribution in [0.25, 0.3) is 11.0 Å². The monoisotopic (exact) mass is 488 g/mol. The Balaban J connectivity index is 1.71. The molecule has 0 saturated carbocycles. The third-order valence-corrected chi connectivity index (χ3v) is 6.49. The van der Waals surface area contributed by atoms with Crippen LogP contribution < -0.4 is 0 Å². The summed E-state index contributed by atoms with van der Waals surface area (Å²) in [7, 11) is 3.93. The van der Waals surface area contributed by atoms with Gasteiger partial charge in [-0.1, -0.05) is 22.0 Å². The van der Waals surface area contributed by atoms with Crippen molar-refractivity contribution in [3.63, 3.8) is 0 Å². The molecule has 1 unspecified atom stereocenters. The Bertz CT molecular complexity index is 1130. The van der Waals surface area contributed by atoms with Crippen LogP contribution in [0.4, 0.5) is 0 Å². The van der Waals surface area contributed by atoms with E-state index in [4.69, 9.17) is 4.42 Å². The SMILES string of the molecule is CN(C)CCCN1C(=O)C(O)=C(C(=O)c2cc3cc(Br)ccc3o2)C1c1cccs1. The summed E-state index contributed by atoms with van der Waals surface area (Å²) < 4.78 is 6.62. The number of halogens is 1. The number of carbonyl (C=O) groups excluding carboxylic acids is 2. The third-order valence-electron chi connectivity index (χ3n) is 5.07. The molecule has 1 aliphatic heterocycles. The van der Waals surface area contributed by atoms with Crippen molar-refractivity contribution in [3.8, 4) is 0 Å². The lowest BCUT2D eigenvalue weighted by Crippen LogP contribution is -2.33. The van der Waals surface area contributed by atoms with Gasteiger partial charge in [-0.15, -0.1) is 11.3 Å². The second-order valence-corrected chi connectivity index (χ2v) is 9.35. The first-order valence-electron chi connectivity index (χ1n) is 9.53. The molecule has 8 heteroatoms. The fourth-order valence-electron chi connectivity index (χ4n) is 3.68. The molecule has 6 nitrogen and oxygen atoms in total. The number of furan rings is 1. The van der Waals surface area contributed by atoms with Gasteiger partial charge >= 0.3 is 0 Å². The van der Waals surface area contributed by atoms with E-state index in [9.17, 15) is 14.7 Å². The van der Waals surface area contributed by atoms with Gasteiger partial charge < -0.3 is 19.3 Å². The Kier molecular flexibility index (Phi) is 5.81. The van der Waals surface area contributed by atoms with Crippen molar-refractivity contribution in [1.29, 1.82) is 0 Å². The number of Topliss-reactive ketones (excluding diaryl/α,β-unsaturated/α-hetero) is 1. The maximum atomic E-state index is 13.4. The average Bonchev–Trinajstić information content (AvgIpc) is 3.41. The minimum Gasteiger partial charge on any atom is -0.503 e. The van der Waals surface area contributed by atoms with E-state index < -0.39 is 23.5 Å². The Morgan fingerprint density at radius 3 is 2.80 bits per heavy atom. The molecule has 30 heavy (non-hydrogen) atoms. The third kappa shape index (κ3) is 3.82. The zero-order chi connectivity index (χ0) is 21.4. The highest BCUT2D eigenvalue weighted by atomic mass is 79.9. The van der Waals surface area contributed by atoms with Crippen molar-refractivity contribution in [2.24, 2.45) is 0 Å². The van der Waals surface area contributed by atoms with Crippen molar-refractivity contribution >= 4 is 49.9 Å². The molecule has 156 valence electrons. The molecule has 0 bridgehead atoms. The molecule has 0 spiro atoms. The smallest absolute Gasteiger partial charge is 0.290 e. The molecule has 1 amide bonds. The van der Waals surface area contributed by atoms with Gasteiger partial charge in [0.15, 0.2) is 11.5 Å². The van der Waals surface area contributed by atoms with Gasteiger partial charge in [0.2, 0.25) is 5.78 Å². The number of hydrogen-bond donors (Lipinski definition) is 1. The summed E-state index contributed by atoms with van der Waals surface area (Å²) in [4.78, 5) is 30.7. The number of carbonyl (C=O) groups is 2. The number of ketones is 1. The molecular formula is C22H21BrN2O4S. The first-order chi connectivity index (χ1) is 14.4. The van der Waals surface area contributed by atoms with Crippen molar-refractivity contribution in [1.82, 2.24) is 9.80 Å². The van der Waals surface area contributed by atoms with Crippen LogP contribution in [0.3, 0.4) is 0 Å². The van der Waals surface area contributed by atoms with E-state index in [-0.39, 0.29) is 11.3 Å². The van der Waals surface area contributed by atoms with Crippen LogP contribution in [0.15, 0.2) is 62.0 Å². The van der Waals surface area contributed by atoms with Gasteiger partial charge in [-0.25, -0.2) is 0 Å². The molecule has 2 aromatic heterocycles. The summed E-state index contributed by atoms with van der Waals surface area (Å²) in [5, 5.41) is 13.3. The van der Waals surface area contributed by atoms with E-state index in [1.54, 1.807) is 17.0 Å². The molecule has 1 atom stereocenters. The molecular weight excluding hydrogens is 468 g/mol. The standard InChI is InChI=1S/C22H21BrN2O4S/c1-24(2)8-4-9-25-19(17-5-3-10-30-17)18(21(27)22(25)28)20(26)16-12-13-11-14(23)6-7-15(13)29-16/h3,5-7,10-12,19,27H,4,8-9H2,1-2H3. The van der Waals surface area contributed by atoms with E-state index in [1.807, 2.05) is 48.6 Å². The number of amides is 1. The van der Waals surface area contributed by atoms with E-state index >= 15 is 0 Å². The number of thiophene rings is 1. The van der Waals surface area contributed by atoms with Gasteiger partial charge in [0.25, 0.3) is 5.91 Å². The first-order valence-corrected chi connectivity index (χ1v) is 11.2. The zero-order valence-corrected chi connectivity index (χ0v) is 19.0. The first kappa shape index (κ1) is 20.8. The number of aliphatic hydroxyl groups is 1. The highest BCUT2D eigenvalue weighted by Gasteiger charge is 2.44. The summed E-state index contributed by atoms with van der Waals surface area (Å²) in [5.74, 6) is -1.38. The van der Waals surface area contributed by atoms with Crippen LogP contribution >= 0.6 is 27.3 Å². The number of nitrogens with zero attached hydrogens (tertiary/aromatic N) is 2. The van der Waals surface area contributed by atoms with Crippen molar-refractivity contribution in [2.75, 3.05) is 27.2 Å². The Labute approximate surface area is 186 Å². The van der Waals surface area contributed by atoms with E-state index in [2.05, 4.69) is 15.9 Å². The summed E-state index contributed by atoms with van der Waals surface area (Å²) in [5.41, 5.74) is 0.645. The fourth-order valence-corrected chi connectivity index (χ4v) is 4.90. The molecule has 0 saturated heterocycles. The van der Waals surface area contributed by atoms with Gasteiger partial charge in [0, 0.05) is 21.3 Å². The predicted molar refractivity (Wildman–Crippen MR) is 120 cm³/mol. The zero-order valence-electron chi connectivity index (χ0n) is 16.6. The maximum Gasteiger partial charge on any atom is 0.290 e. The van der Waals surface area contributed by atoms with Crippen LogP contribution in [0.5, 0.6) is 0 Å². The van der Waals surface area contributed by atoms with Crippen LogP contribution in [-0.4, -0.2) is 53.8 Å². The Morgan fingerprint density at radius 1 is 1.30 bits per heavy atom. The summed E-state index contributed by atoms with van der Waals surface area (Å²) in [6.45, 7) is 1.23. The van der Waals surface area contributed by atoms with Crippen LogP contribution in [0, 0.1) is 0 Å². The van der Waals surface area contributed by atoms with Crippen LogP contribution in [0.1, 0.15) is 27.9 Å². The minimum absolute atomic E-state index is 0.0745. The van der Waals surface area contributed by atoms with E-state index in [0.29, 0.717) is 12.1 Å². The second-order valence-electron chi connectivity index (χ2n) is 7.46. The molecule has 1 aliphatic rings. The van der Waals surface area contributed by atoms with Crippen molar-refractivity contribution in [3.05, 3.63) is 68.2 Å². The number of fused-ring (bicyclic) bond motifs is 1. The van der Waals surface area contributed by atoms with Crippen molar-refractivity contribution in [2.45, 2.75) is 12.5 Å². The van der Waals surface area contributed by atoms with E-state index in [1.165, 1.54) is 11.3 Å². The molecule has 1 aromatic carbocycles. The summed E-state index contributed by atoms with van der Waals surface area (Å²) >= 11 is 4.86. The molecule has 0 aliphatic carbocycles. The highest BCUT2D eigenvalue weighted by Crippen LogP contribution is 2.41. The summed E-state index contributed by atoms with van der Waals surface area (Å²) in [6, 6.07) is 10.2. The van der Waals surface area contributed by atoms with Crippen LogP contribution in [-0.2, 0) is 4.79 Å². The van der Waals surface area contributed by atoms with Crippen molar-refractivity contribution < 1.29 is 19.1 Å². The average molecular weight is 489 g/mol.